The van der Waals surface area contributed by atoms with Crippen LogP contribution in [0.4, 0.5) is 13.2 Å². The molecule has 6 heteroatoms. The molecule has 0 heterocycles. The summed E-state index contributed by atoms with van der Waals surface area (Å²) in [5.41, 5.74) is 4.31. The second-order valence-electron chi connectivity index (χ2n) is 3.60. The largest absolute Gasteiger partial charge is 0.497 e. The van der Waals surface area contributed by atoms with Gasteiger partial charge in [0.1, 0.15) is 5.75 Å². The Hall–Kier alpha value is -1.56. The molecule has 0 saturated carbocycles. The van der Waals surface area contributed by atoms with Gasteiger partial charge in [-0.15, -0.1) is 0 Å². The van der Waals surface area contributed by atoms with E-state index in [2.05, 4.69) is 0 Å². The molecule has 0 aliphatic heterocycles. The van der Waals surface area contributed by atoms with Gasteiger partial charge in [0.25, 0.3) is 0 Å². The molecule has 0 fully saturated rings. The summed E-state index contributed by atoms with van der Waals surface area (Å²) in [4.78, 5) is 11.5. The average molecular weight is 247 g/mol. The van der Waals surface area contributed by atoms with Crippen molar-refractivity contribution in [1.82, 2.24) is 0 Å². The Kier molecular flexibility index (Phi) is 3.77. The summed E-state index contributed by atoms with van der Waals surface area (Å²) < 4.78 is 42.4. The minimum atomic E-state index is -4.53. The summed E-state index contributed by atoms with van der Waals surface area (Å²) >= 11 is 0. The van der Waals surface area contributed by atoms with Gasteiger partial charge in [-0.2, -0.15) is 13.2 Å². The van der Waals surface area contributed by atoms with Gasteiger partial charge in [-0.05, 0) is 25.1 Å². The summed E-state index contributed by atoms with van der Waals surface area (Å²) in [6.45, 7) is 1.41. The van der Waals surface area contributed by atoms with Crippen molar-refractivity contribution in [1.29, 1.82) is 0 Å². The first-order valence-corrected chi connectivity index (χ1v) is 4.81. The predicted molar refractivity (Wildman–Crippen MR) is 56.0 cm³/mol. The van der Waals surface area contributed by atoms with Crippen molar-refractivity contribution in [3.05, 3.63) is 29.3 Å². The molecule has 0 spiro atoms. The van der Waals surface area contributed by atoms with E-state index in [0.29, 0.717) is 0 Å². The highest BCUT2D eigenvalue weighted by Gasteiger charge is 2.32. The molecule has 0 saturated heterocycles. The first kappa shape index (κ1) is 13.5. The van der Waals surface area contributed by atoms with E-state index >= 15 is 0 Å². The highest BCUT2D eigenvalue weighted by atomic mass is 19.4. The number of carbonyl (C=O) groups is 1. The van der Waals surface area contributed by atoms with Crippen LogP contribution < -0.4 is 10.5 Å². The van der Waals surface area contributed by atoms with Gasteiger partial charge in [0.2, 0.25) is 0 Å². The van der Waals surface area contributed by atoms with Crippen molar-refractivity contribution >= 4 is 5.78 Å². The van der Waals surface area contributed by atoms with Gasteiger partial charge in [-0.1, -0.05) is 0 Å². The smallest absolute Gasteiger partial charge is 0.416 e. The Bertz CT molecular complexity index is 427. The van der Waals surface area contributed by atoms with Gasteiger partial charge in [0, 0.05) is 5.56 Å². The molecule has 0 radical (unpaired) electrons. The molecule has 17 heavy (non-hydrogen) atoms. The number of methoxy groups -OCH3 is 1. The molecular formula is C11H12F3NO2. The van der Waals surface area contributed by atoms with E-state index in [1.807, 2.05) is 0 Å². The molecule has 1 aromatic carbocycles. The van der Waals surface area contributed by atoms with E-state index < -0.39 is 23.6 Å². The van der Waals surface area contributed by atoms with Crippen molar-refractivity contribution < 1.29 is 22.7 Å². The molecule has 0 aliphatic rings. The van der Waals surface area contributed by atoms with Crippen LogP contribution in [0.15, 0.2) is 18.2 Å². The minimum Gasteiger partial charge on any atom is -0.497 e. The number of rotatable bonds is 3. The SMILES string of the molecule is COc1cc(C(=O)C(C)N)cc(C(F)(F)F)c1. The van der Waals surface area contributed by atoms with E-state index in [-0.39, 0.29) is 11.3 Å². The quantitative estimate of drug-likeness (QED) is 0.833. The number of benzene rings is 1. The molecular weight excluding hydrogens is 235 g/mol. The van der Waals surface area contributed by atoms with Crippen LogP contribution in [0.2, 0.25) is 0 Å². The van der Waals surface area contributed by atoms with Crippen LogP contribution in [-0.2, 0) is 6.18 Å². The normalized spacial score (nSPS) is 13.3. The zero-order chi connectivity index (χ0) is 13.2. The van der Waals surface area contributed by atoms with Crippen molar-refractivity contribution in [2.24, 2.45) is 5.73 Å². The van der Waals surface area contributed by atoms with Crippen LogP contribution in [0.1, 0.15) is 22.8 Å². The molecule has 0 aliphatic carbocycles. The van der Waals surface area contributed by atoms with Gasteiger partial charge >= 0.3 is 6.18 Å². The third-order valence-electron chi connectivity index (χ3n) is 2.17. The summed E-state index contributed by atoms with van der Waals surface area (Å²) in [6.07, 6.45) is -4.53. The molecule has 1 rings (SSSR count). The van der Waals surface area contributed by atoms with Crippen LogP contribution in [0.3, 0.4) is 0 Å². The van der Waals surface area contributed by atoms with Crippen LogP contribution >= 0.6 is 0 Å². The maximum absolute atomic E-state index is 12.6. The molecule has 0 amide bonds. The first-order chi connectivity index (χ1) is 7.75. The molecule has 3 nitrogen and oxygen atoms in total. The third-order valence-corrected chi connectivity index (χ3v) is 2.17. The lowest BCUT2D eigenvalue weighted by molar-refractivity contribution is -0.137. The van der Waals surface area contributed by atoms with Gasteiger partial charge in [-0.25, -0.2) is 0 Å². The number of halogens is 3. The first-order valence-electron chi connectivity index (χ1n) is 4.81. The van der Waals surface area contributed by atoms with Crippen molar-refractivity contribution in [3.8, 4) is 5.75 Å². The maximum Gasteiger partial charge on any atom is 0.416 e. The second-order valence-corrected chi connectivity index (χ2v) is 3.60. The molecule has 1 atom stereocenters. The molecule has 1 unspecified atom stereocenters. The lowest BCUT2D eigenvalue weighted by atomic mass is 10.0. The Balaban J connectivity index is 3.28. The van der Waals surface area contributed by atoms with E-state index in [1.165, 1.54) is 20.1 Å². The molecule has 94 valence electrons. The van der Waals surface area contributed by atoms with Crippen LogP contribution in [-0.4, -0.2) is 18.9 Å². The van der Waals surface area contributed by atoms with Gasteiger partial charge in [0.15, 0.2) is 5.78 Å². The Morgan fingerprint density at radius 2 is 1.94 bits per heavy atom. The Morgan fingerprint density at radius 1 is 1.35 bits per heavy atom. The number of ketones is 1. The predicted octanol–water partition coefficient (Wildman–Crippen LogP) is 2.24. The average Bonchev–Trinajstić information content (AvgIpc) is 2.26. The van der Waals surface area contributed by atoms with Gasteiger partial charge in [-0.3, -0.25) is 4.79 Å². The maximum atomic E-state index is 12.6. The van der Waals surface area contributed by atoms with Gasteiger partial charge < -0.3 is 10.5 Å². The lowest BCUT2D eigenvalue weighted by Gasteiger charge is -2.12. The van der Waals surface area contributed by atoms with Crippen LogP contribution in [0.5, 0.6) is 5.75 Å². The number of nitrogens with two attached hydrogens (primary N) is 1. The lowest BCUT2D eigenvalue weighted by Crippen LogP contribution is -2.27. The number of hydrogen-bond acceptors (Lipinski definition) is 3. The van der Waals surface area contributed by atoms with E-state index in [0.717, 1.165) is 12.1 Å². The summed E-state index contributed by atoms with van der Waals surface area (Å²) in [6, 6.07) is 1.98. The Labute approximate surface area is 96.4 Å². The van der Waals surface area contributed by atoms with Crippen LogP contribution in [0.25, 0.3) is 0 Å². The van der Waals surface area contributed by atoms with Crippen molar-refractivity contribution in [2.45, 2.75) is 19.1 Å². The number of alkyl halides is 3. The minimum absolute atomic E-state index is 0.0242. The highest BCUT2D eigenvalue weighted by Crippen LogP contribution is 2.32. The zero-order valence-corrected chi connectivity index (χ0v) is 9.34. The summed E-state index contributed by atoms with van der Waals surface area (Å²) in [5, 5.41) is 0. The van der Waals surface area contributed by atoms with E-state index in [1.54, 1.807) is 0 Å². The fourth-order valence-electron chi connectivity index (χ4n) is 1.29. The number of Topliss-reactive ketones (excluding diaryl/α,β-unsaturated/α-hetero) is 1. The molecule has 0 bridgehead atoms. The molecule has 2 N–H and O–H groups in total. The second kappa shape index (κ2) is 4.75. The van der Waals surface area contributed by atoms with E-state index in [9.17, 15) is 18.0 Å². The zero-order valence-electron chi connectivity index (χ0n) is 9.34. The standard InChI is InChI=1S/C11H12F3NO2/c1-6(15)10(16)7-3-8(11(12,13)14)5-9(4-7)17-2/h3-6H,15H2,1-2H3. The van der Waals surface area contributed by atoms with Gasteiger partial charge in [0.05, 0.1) is 18.7 Å². The van der Waals surface area contributed by atoms with E-state index in [4.69, 9.17) is 10.5 Å². The molecule has 1 aromatic rings. The monoisotopic (exact) mass is 247 g/mol. The number of hydrogen-bond donors (Lipinski definition) is 1. The number of carbonyl (C=O) groups excluding carboxylic acids is 1. The summed E-state index contributed by atoms with van der Waals surface area (Å²) in [7, 11) is 1.23. The molecule has 0 aromatic heterocycles. The number of ether oxygens (including phenoxy) is 1. The van der Waals surface area contributed by atoms with Crippen molar-refractivity contribution in [3.63, 3.8) is 0 Å². The third kappa shape index (κ3) is 3.20. The fourth-order valence-corrected chi connectivity index (χ4v) is 1.29. The summed E-state index contributed by atoms with van der Waals surface area (Å²) in [5.74, 6) is -0.585. The van der Waals surface area contributed by atoms with Crippen molar-refractivity contribution in [2.75, 3.05) is 7.11 Å². The van der Waals surface area contributed by atoms with Crippen LogP contribution in [0, 0.1) is 0 Å². The Morgan fingerprint density at radius 3 is 2.35 bits per heavy atom. The fraction of sp³-hybridized carbons (Fsp3) is 0.364. The highest BCUT2D eigenvalue weighted by molar-refractivity contribution is 6.00. The topological polar surface area (TPSA) is 52.3 Å².